The molecule has 2 aliphatic rings. The monoisotopic (exact) mass is 494 g/mol. The fourth-order valence-electron chi connectivity index (χ4n) is 5.42. The van der Waals surface area contributed by atoms with Crippen LogP contribution in [0, 0.1) is 6.92 Å². The summed E-state index contributed by atoms with van der Waals surface area (Å²) in [4.78, 5) is 31.6. The van der Waals surface area contributed by atoms with Crippen LogP contribution in [0.5, 0.6) is 0 Å². The van der Waals surface area contributed by atoms with Gasteiger partial charge in [0.2, 0.25) is 5.91 Å². The van der Waals surface area contributed by atoms with Crippen molar-refractivity contribution >= 4 is 33.9 Å². The van der Waals surface area contributed by atoms with Gasteiger partial charge in [0.05, 0.1) is 22.3 Å². The fourth-order valence-corrected chi connectivity index (χ4v) is 5.42. The molecule has 1 aromatic heterocycles. The van der Waals surface area contributed by atoms with Crippen molar-refractivity contribution < 1.29 is 9.90 Å². The Morgan fingerprint density at radius 1 is 0.917 bits per heavy atom. The van der Waals surface area contributed by atoms with Crippen molar-refractivity contribution in [2.45, 2.75) is 32.7 Å². The average Bonchev–Trinajstić information content (AvgIpc) is 3.41. The third kappa shape index (κ3) is 4.93. The van der Waals surface area contributed by atoms with E-state index in [1.807, 2.05) is 22.7 Å². The molecule has 2 fully saturated rings. The Morgan fingerprint density at radius 2 is 1.58 bits per heavy atom. The predicted molar refractivity (Wildman–Crippen MR) is 146 cm³/mol. The summed E-state index contributed by atoms with van der Waals surface area (Å²) < 4.78 is 3.71. The Hall–Kier alpha value is -3.46. The van der Waals surface area contributed by atoms with E-state index in [0.29, 0.717) is 30.6 Å². The number of aliphatic hydroxyl groups excluding tert-OH is 1. The van der Waals surface area contributed by atoms with Gasteiger partial charge in [0, 0.05) is 72.1 Å². The van der Waals surface area contributed by atoms with Crippen molar-refractivity contribution in [3.8, 4) is 0 Å². The number of carbonyl (C=O) groups is 1. The fraction of sp³-hybridized carbons (Fsp3) is 0.481. The Labute approximate surface area is 212 Å². The summed E-state index contributed by atoms with van der Waals surface area (Å²) in [6.45, 7) is 7.88. The summed E-state index contributed by atoms with van der Waals surface area (Å²) in [5, 5.41) is 7.65. The number of likely N-dealkylation sites (tertiary alicyclic amines) is 1. The second-order valence-electron chi connectivity index (χ2n) is 9.48. The zero-order valence-electron chi connectivity index (χ0n) is 21.6. The van der Waals surface area contributed by atoms with Gasteiger partial charge in [0.25, 0.3) is 5.56 Å². The van der Waals surface area contributed by atoms with Crippen molar-refractivity contribution in [3.63, 3.8) is 0 Å². The van der Waals surface area contributed by atoms with Crippen LogP contribution in [0.4, 0.5) is 17.1 Å². The molecule has 194 valence electrons. The van der Waals surface area contributed by atoms with E-state index in [0.717, 1.165) is 63.9 Å². The molecule has 2 saturated heterocycles. The summed E-state index contributed by atoms with van der Waals surface area (Å²) in [6, 6.07) is 12.4. The van der Waals surface area contributed by atoms with Crippen LogP contribution in [0.25, 0.3) is 10.9 Å². The highest BCUT2D eigenvalue weighted by atomic mass is 16.2. The molecule has 0 saturated carbocycles. The highest BCUT2D eigenvalue weighted by Crippen LogP contribution is 2.30. The molecular weight excluding hydrogens is 456 g/mol. The number of hydrogen-bond donors (Lipinski definition) is 2. The van der Waals surface area contributed by atoms with Crippen LogP contribution in [0.2, 0.25) is 0 Å². The first kappa shape index (κ1) is 25.6. The van der Waals surface area contributed by atoms with E-state index in [1.165, 1.54) is 11.3 Å². The number of nitrogen functional groups attached to an aromatic ring is 1. The van der Waals surface area contributed by atoms with Crippen molar-refractivity contribution in [2.24, 2.45) is 7.05 Å². The molecule has 3 N–H and O–H groups in total. The van der Waals surface area contributed by atoms with Gasteiger partial charge in [-0.05, 0) is 43.5 Å². The summed E-state index contributed by atoms with van der Waals surface area (Å²) in [5.41, 5.74) is 11.6. The molecule has 0 atom stereocenters. The summed E-state index contributed by atoms with van der Waals surface area (Å²) in [5.74, 6) is 0.226. The minimum absolute atomic E-state index is 0.0205. The van der Waals surface area contributed by atoms with E-state index in [2.05, 4.69) is 47.1 Å². The average molecular weight is 495 g/mol. The summed E-state index contributed by atoms with van der Waals surface area (Å²) >= 11 is 0. The highest BCUT2D eigenvalue weighted by Gasteiger charge is 2.23. The SMILES string of the molecule is CO.Cc1ccccc1N1CCN(c2cc3c(cc2N)c(=O)n(CCCN2CCCC2=O)n3C)CC1. The summed E-state index contributed by atoms with van der Waals surface area (Å²) in [7, 11) is 2.93. The van der Waals surface area contributed by atoms with Gasteiger partial charge in [-0.2, -0.15) is 0 Å². The molecule has 2 aliphatic heterocycles. The van der Waals surface area contributed by atoms with Crippen LogP contribution in [-0.2, 0) is 18.4 Å². The number of aromatic nitrogens is 2. The molecule has 0 spiro atoms. The third-order valence-electron chi connectivity index (χ3n) is 7.37. The Balaban J connectivity index is 0.00000148. The van der Waals surface area contributed by atoms with E-state index in [-0.39, 0.29) is 11.5 Å². The van der Waals surface area contributed by atoms with Gasteiger partial charge in [-0.1, -0.05) is 18.2 Å². The van der Waals surface area contributed by atoms with Crippen molar-refractivity contribution in [1.82, 2.24) is 14.3 Å². The zero-order valence-corrected chi connectivity index (χ0v) is 21.6. The van der Waals surface area contributed by atoms with Crippen LogP contribution in [0.1, 0.15) is 24.8 Å². The van der Waals surface area contributed by atoms with Gasteiger partial charge in [-0.15, -0.1) is 0 Å². The second-order valence-corrected chi connectivity index (χ2v) is 9.48. The number of hydrogen-bond acceptors (Lipinski definition) is 6. The van der Waals surface area contributed by atoms with Crippen LogP contribution < -0.4 is 21.1 Å². The van der Waals surface area contributed by atoms with E-state index < -0.39 is 0 Å². The maximum atomic E-state index is 13.1. The van der Waals surface area contributed by atoms with E-state index >= 15 is 0 Å². The van der Waals surface area contributed by atoms with Crippen molar-refractivity contribution in [2.75, 3.05) is 61.9 Å². The van der Waals surface area contributed by atoms with Gasteiger partial charge in [0.1, 0.15) is 0 Å². The smallest absolute Gasteiger partial charge is 0.274 e. The quantitative estimate of drug-likeness (QED) is 0.510. The largest absolute Gasteiger partial charge is 0.400 e. The third-order valence-corrected chi connectivity index (χ3v) is 7.37. The lowest BCUT2D eigenvalue weighted by molar-refractivity contribution is -0.127. The highest BCUT2D eigenvalue weighted by molar-refractivity contribution is 5.89. The molecule has 3 aromatic rings. The van der Waals surface area contributed by atoms with E-state index in [9.17, 15) is 9.59 Å². The lowest BCUT2D eigenvalue weighted by Crippen LogP contribution is -2.47. The Morgan fingerprint density at radius 3 is 2.22 bits per heavy atom. The molecule has 0 radical (unpaired) electrons. The number of piperazine rings is 1. The molecule has 1 amide bonds. The molecule has 9 heteroatoms. The van der Waals surface area contributed by atoms with Crippen LogP contribution in [-0.4, -0.2) is 71.7 Å². The lowest BCUT2D eigenvalue weighted by Gasteiger charge is -2.38. The molecule has 0 bridgehead atoms. The first-order valence-corrected chi connectivity index (χ1v) is 12.7. The molecule has 2 aromatic carbocycles. The number of nitrogens with two attached hydrogens (primary N) is 1. The molecule has 3 heterocycles. The first-order chi connectivity index (χ1) is 17.4. The van der Waals surface area contributed by atoms with Gasteiger partial charge < -0.3 is 25.5 Å². The minimum Gasteiger partial charge on any atom is -0.400 e. The van der Waals surface area contributed by atoms with Gasteiger partial charge in [-0.3, -0.25) is 14.3 Å². The van der Waals surface area contributed by atoms with Gasteiger partial charge >= 0.3 is 0 Å². The zero-order chi connectivity index (χ0) is 25.8. The van der Waals surface area contributed by atoms with Crippen molar-refractivity contribution in [3.05, 3.63) is 52.3 Å². The number of fused-ring (bicyclic) bond motifs is 1. The first-order valence-electron chi connectivity index (χ1n) is 12.7. The number of aryl methyl sites for hydroxylation is 2. The summed E-state index contributed by atoms with van der Waals surface area (Å²) in [6.07, 6.45) is 2.35. The maximum Gasteiger partial charge on any atom is 0.274 e. The maximum absolute atomic E-state index is 13.1. The standard InChI is InChI=1S/C26H34N6O2.CH4O/c1-19-7-3-4-8-22(19)29-13-15-30(16-14-29)24-18-23-20(17-21(24)27)26(34)32(28(23)2)12-6-11-31-10-5-9-25(31)33;1-2/h3-4,7-8,17-18H,5-6,9-16,27H2,1-2H3;2H,1H3. The number of carbonyl (C=O) groups excluding carboxylic acids is 1. The minimum atomic E-state index is -0.0205. The molecule has 0 aliphatic carbocycles. The number of amides is 1. The normalized spacial score (nSPS) is 16.0. The number of para-hydroxylation sites is 1. The lowest BCUT2D eigenvalue weighted by atomic mass is 10.1. The van der Waals surface area contributed by atoms with E-state index in [1.54, 1.807) is 4.68 Å². The van der Waals surface area contributed by atoms with Gasteiger partial charge in [0.15, 0.2) is 0 Å². The van der Waals surface area contributed by atoms with Crippen LogP contribution in [0.15, 0.2) is 41.2 Å². The molecule has 5 rings (SSSR count). The van der Waals surface area contributed by atoms with Crippen molar-refractivity contribution in [1.29, 1.82) is 0 Å². The van der Waals surface area contributed by atoms with Gasteiger partial charge in [-0.25, -0.2) is 4.68 Å². The molecular formula is C27H38N6O3. The molecule has 36 heavy (non-hydrogen) atoms. The molecule has 0 unspecified atom stereocenters. The van der Waals surface area contributed by atoms with E-state index in [4.69, 9.17) is 10.8 Å². The number of aliphatic hydroxyl groups is 1. The second kappa shape index (κ2) is 11.1. The predicted octanol–water partition coefficient (Wildman–Crippen LogP) is 2.18. The topological polar surface area (TPSA) is 100.0 Å². The number of anilines is 3. The Bertz CT molecular complexity index is 1270. The number of benzene rings is 2. The molecule has 9 nitrogen and oxygen atoms in total. The van der Waals surface area contributed by atoms with Crippen LogP contribution in [0.3, 0.4) is 0 Å². The number of rotatable bonds is 6. The number of nitrogens with zero attached hydrogens (tertiary/aromatic N) is 5. The Kier molecular flexibility index (Phi) is 7.88. The van der Waals surface area contributed by atoms with Crippen LogP contribution >= 0.6 is 0 Å².